The van der Waals surface area contributed by atoms with Crippen LogP contribution < -0.4 is 0 Å². The summed E-state index contributed by atoms with van der Waals surface area (Å²) in [4.78, 5) is 0. The Labute approximate surface area is 374 Å². The summed E-state index contributed by atoms with van der Waals surface area (Å²) in [5.41, 5.74) is 12.0. The summed E-state index contributed by atoms with van der Waals surface area (Å²) < 4.78 is 9.33. The van der Waals surface area contributed by atoms with Gasteiger partial charge in [-0.05, 0) is 16.8 Å². The molecule has 0 unspecified atom stereocenters. The minimum absolute atomic E-state index is 0.185. The molecule has 0 fully saturated rings. The summed E-state index contributed by atoms with van der Waals surface area (Å²) in [5.74, 6) is 0. The Morgan fingerprint density at radius 1 is 0.250 bits per heavy atom. The van der Waals surface area contributed by atoms with Gasteiger partial charge in [-0.15, -0.1) is 0 Å². The molecule has 0 aliphatic heterocycles. The fraction of sp³-hybridized carbons (Fsp3) is 0. The topological polar surface area (TPSA) is 13.1 Å². The molecule has 1 nitrogen and oxygen atoms in total. The van der Waals surface area contributed by atoms with Crippen LogP contribution in [-0.2, 0) is 0 Å². The molecule has 0 saturated carbocycles. The molecule has 0 spiro atoms. The van der Waals surface area contributed by atoms with Gasteiger partial charge in [0.15, 0.2) is 0 Å². The van der Waals surface area contributed by atoms with E-state index >= 15 is 0 Å². The summed E-state index contributed by atoms with van der Waals surface area (Å²) in [6, 6.07) is 81.0. The molecule has 0 N–H and O–H groups in total. The Kier molecular flexibility index (Phi) is 7.77. The maximum atomic E-state index is 6.45. The second kappa shape index (κ2) is 13.9. The predicted octanol–water partition coefficient (Wildman–Crippen LogP) is 17.4. The first-order valence-corrected chi connectivity index (χ1v) is 23.7. The van der Waals surface area contributed by atoms with Crippen molar-refractivity contribution in [3.8, 4) is 44.5 Å². The van der Waals surface area contributed by atoms with E-state index in [0.717, 1.165) is 16.6 Å². The molecule has 0 radical (unpaired) electrons. The van der Waals surface area contributed by atoms with Gasteiger partial charge in [0.05, 0.1) is 0 Å². The van der Waals surface area contributed by atoms with E-state index in [4.69, 9.17) is 4.42 Å². The third kappa shape index (κ3) is 5.25. The van der Waals surface area contributed by atoms with Gasteiger partial charge in [-0.25, -0.2) is 0 Å². The number of rotatable bonds is 4. The first-order valence-electron chi connectivity index (χ1n) is 22.0. The summed E-state index contributed by atoms with van der Waals surface area (Å²) in [7, 11) is 0. The third-order valence-electron chi connectivity index (χ3n) is 13.6. The van der Waals surface area contributed by atoms with Gasteiger partial charge in [-0.2, -0.15) is 0 Å². The van der Waals surface area contributed by atoms with Crippen molar-refractivity contribution in [2.75, 3.05) is 0 Å². The Balaban J connectivity index is 0.953. The van der Waals surface area contributed by atoms with Gasteiger partial charge in [-0.3, -0.25) is 0 Å². The van der Waals surface area contributed by atoms with Crippen LogP contribution in [0.3, 0.4) is 0 Å². The fourth-order valence-corrected chi connectivity index (χ4v) is 13.3. The van der Waals surface area contributed by atoms with Gasteiger partial charge in [0.2, 0.25) is 0 Å². The van der Waals surface area contributed by atoms with E-state index in [1.807, 2.05) is 0 Å². The van der Waals surface area contributed by atoms with Crippen LogP contribution >= 0.6 is 0 Å². The van der Waals surface area contributed by atoms with E-state index in [9.17, 15) is 0 Å². The third-order valence-corrected chi connectivity index (χ3v) is 16.0. The van der Waals surface area contributed by atoms with Gasteiger partial charge in [0, 0.05) is 0 Å². The van der Waals surface area contributed by atoms with Crippen molar-refractivity contribution in [3.63, 3.8) is 0 Å². The van der Waals surface area contributed by atoms with Crippen LogP contribution in [0.15, 0.2) is 223 Å². The normalized spacial score (nSPS) is 12.1. The van der Waals surface area contributed by atoms with Crippen LogP contribution in [0, 0.1) is 0 Å². The Morgan fingerprint density at radius 2 is 0.688 bits per heavy atom. The van der Waals surface area contributed by atoms with Crippen LogP contribution in [0.1, 0.15) is 0 Å². The summed E-state index contributed by atoms with van der Waals surface area (Å²) in [6.45, 7) is 0. The molecule has 0 aliphatic carbocycles. The van der Waals surface area contributed by atoms with Crippen LogP contribution in [-0.4, -0.2) is 14.5 Å². The van der Waals surface area contributed by atoms with Crippen LogP contribution in [0.5, 0.6) is 0 Å². The van der Waals surface area contributed by atoms with Gasteiger partial charge in [-0.1, -0.05) is 30.3 Å². The number of benzene rings is 12. The molecule has 14 rings (SSSR count). The molecule has 0 atom stereocenters. The molecule has 0 saturated heterocycles. The average Bonchev–Trinajstić information content (AvgIpc) is 3.92. The molecule has 14 aromatic rings. The van der Waals surface area contributed by atoms with Crippen molar-refractivity contribution in [1.82, 2.24) is 0 Å². The van der Waals surface area contributed by atoms with Gasteiger partial charge >= 0.3 is 320 Å². The fourth-order valence-electron chi connectivity index (χ4n) is 10.9. The zero-order chi connectivity index (χ0) is 41.9. The Morgan fingerprint density at radius 3 is 1.27 bits per heavy atom. The monoisotopic (exact) mass is 876 g/mol. The van der Waals surface area contributed by atoms with E-state index in [0.29, 0.717) is 0 Å². The summed E-state index contributed by atoms with van der Waals surface area (Å²) >= 11 is 0.185. The maximum absolute atomic E-state index is 6.45. The van der Waals surface area contributed by atoms with E-state index in [-0.39, 0.29) is 14.5 Å². The molecule has 2 heterocycles. The van der Waals surface area contributed by atoms with Crippen molar-refractivity contribution in [3.05, 3.63) is 218 Å². The quantitative estimate of drug-likeness (QED) is 0.127. The van der Waals surface area contributed by atoms with E-state index < -0.39 is 0 Å². The number of fused-ring (bicyclic) bond motifs is 12. The molecule has 0 aliphatic rings. The first-order chi connectivity index (χ1) is 31.7. The minimum atomic E-state index is 0.185. The van der Waals surface area contributed by atoms with Gasteiger partial charge in [0.25, 0.3) is 0 Å². The van der Waals surface area contributed by atoms with Gasteiger partial charge < -0.3 is 4.42 Å². The van der Waals surface area contributed by atoms with Crippen molar-refractivity contribution in [2.24, 2.45) is 0 Å². The molecular formula is C62H36OSe. The predicted molar refractivity (Wildman–Crippen MR) is 275 cm³/mol. The molecule has 2 aromatic heterocycles. The van der Waals surface area contributed by atoms with Gasteiger partial charge in [0.1, 0.15) is 5.58 Å². The number of hydrogen-bond donors (Lipinski definition) is 0. The molecule has 12 aromatic carbocycles. The first kappa shape index (κ1) is 35.8. The zero-order valence-corrected chi connectivity index (χ0v) is 36.3. The van der Waals surface area contributed by atoms with Crippen molar-refractivity contribution in [2.45, 2.75) is 0 Å². The molecule has 0 amide bonds. The van der Waals surface area contributed by atoms with E-state index in [1.54, 1.807) is 0 Å². The zero-order valence-electron chi connectivity index (χ0n) is 34.6. The number of furan rings is 1. The summed E-state index contributed by atoms with van der Waals surface area (Å²) in [6.07, 6.45) is 0. The standard InChI is InChI=1S/C62H36OSe/c1-2-15-38(16-3-1)58-44-18-6-8-20-46(44)61(47-21-9-7-19-45(47)58)41-26-30-43-52-34-40(29-33-56(52)64-57(43)36-41)60-50-24-12-10-22-48(50)59(49-23-11-13-25-51(49)60)39-28-31-54-53(35-39)62-42-17-5-4-14-37(42)27-32-55(62)63-54/h1-36H. The van der Waals surface area contributed by atoms with Crippen LogP contribution in [0.4, 0.5) is 0 Å². The molecule has 64 heavy (non-hydrogen) atoms. The Hall–Kier alpha value is -7.74. The van der Waals surface area contributed by atoms with E-state index in [1.165, 1.54) is 123 Å². The van der Waals surface area contributed by atoms with Crippen LogP contribution in [0.25, 0.3) is 140 Å². The molecule has 296 valence electrons. The molecule has 2 heteroatoms. The SMILES string of the molecule is c1ccc(-c2c3ccccc3c(-c3ccc4c(c3)[se]c3ccc(-c5c6ccccc6c(-c6ccc7oc8ccc9ccccc9c8c7c6)c6ccccc56)cc34)c3ccccc23)cc1. The van der Waals surface area contributed by atoms with Crippen molar-refractivity contribution < 1.29 is 4.42 Å². The second-order valence-electron chi connectivity index (χ2n) is 17.0. The Bertz CT molecular complexity index is 4130. The molecule has 0 bridgehead atoms. The number of hydrogen-bond acceptors (Lipinski definition) is 1. The summed E-state index contributed by atoms with van der Waals surface area (Å²) in [5, 5.41) is 17.7. The van der Waals surface area contributed by atoms with Crippen LogP contribution in [0.2, 0.25) is 0 Å². The van der Waals surface area contributed by atoms with Crippen molar-refractivity contribution >= 4 is 110 Å². The second-order valence-corrected chi connectivity index (χ2v) is 19.3. The average molecular weight is 876 g/mol. The van der Waals surface area contributed by atoms with E-state index in [2.05, 4.69) is 218 Å². The molecular weight excluding hydrogens is 840 g/mol. The van der Waals surface area contributed by atoms with Crippen molar-refractivity contribution in [1.29, 1.82) is 0 Å².